The van der Waals surface area contributed by atoms with Crippen LogP contribution < -0.4 is 0 Å². The van der Waals surface area contributed by atoms with Crippen LogP contribution in [0.4, 0.5) is 0 Å². The minimum Gasteiger partial charge on any atom is -0.504 e. The maximum Gasteiger partial charge on any atom is 0.338 e. The van der Waals surface area contributed by atoms with E-state index in [4.69, 9.17) is 4.74 Å². The molecule has 0 heterocycles. The molecule has 0 unspecified atom stereocenters. The van der Waals surface area contributed by atoms with Crippen LogP contribution >= 0.6 is 0 Å². The molecule has 26 heavy (non-hydrogen) atoms. The van der Waals surface area contributed by atoms with Crippen LogP contribution in [0.25, 0.3) is 6.08 Å². The Hall–Kier alpha value is -2.62. The van der Waals surface area contributed by atoms with Gasteiger partial charge in [0.2, 0.25) is 0 Å². The van der Waals surface area contributed by atoms with E-state index < -0.39 is 48.7 Å². The predicted octanol–water partition coefficient (Wildman–Crippen LogP) is -0.558. The number of phenols is 2. The standard InChI is InChI=1S/C17H20O9/c1-25-16(23)17(24)7-12(20)15(22)13(8-17)26-14(21)5-3-9-2-4-10(18)11(19)6-9/h2-6,12-13,15,18-20,22,24H,7-8H2,1H3/b5-3+/t12-,13+,15+,17-/m1/s1. The van der Waals surface area contributed by atoms with Crippen LogP contribution in [-0.2, 0) is 19.1 Å². The van der Waals surface area contributed by atoms with Crippen molar-refractivity contribution in [2.45, 2.75) is 36.8 Å². The van der Waals surface area contributed by atoms with E-state index >= 15 is 0 Å². The molecule has 0 aromatic heterocycles. The molecular formula is C17H20O9. The molecule has 1 saturated carbocycles. The number of rotatable bonds is 4. The summed E-state index contributed by atoms with van der Waals surface area (Å²) in [6.07, 6.45) is -2.88. The van der Waals surface area contributed by atoms with Gasteiger partial charge in [0.25, 0.3) is 0 Å². The van der Waals surface area contributed by atoms with Crippen molar-refractivity contribution in [2.75, 3.05) is 7.11 Å². The third-order valence-electron chi connectivity index (χ3n) is 4.11. The number of hydrogen-bond acceptors (Lipinski definition) is 9. The third kappa shape index (κ3) is 4.31. The molecule has 1 aliphatic carbocycles. The third-order valence-corrected chi connectivity index (χ3v) is 4.11. The summed E-state index contributed by atoms with van der Waals surface area (Å²) in [4.78, 5) is 23.6. The summed E-state index contributed by atoms with van der Waals surface area (Å²) in [5.41, 5.74) is -1.68. The Balaban J connectivity index is 2.07. The second-order valence-corrected chi connectivity index (χ2v) is 6.05. The molecule has 142 valence electrons. The van der Waals surface area contributed by atoms with E-state index in [1.54, 1.807) is 0 Å². The Bertz CT molecular complexity index is 714. The molecule has 4 atom stereocenters. The molecule has 2 rings (SSSR count). The average molecular weight is 368 g/mol. The molecule has 0 amide bonds. The lowest BCUT2D eigenvalue weighted by molar-refractivity contribution is -0.198. The number of aliphatic hydroxyl groups excluding tert-OH is 2. The van der Waals surface area contributed by atoms with E-state index in [9.17, 15) is 35.1 Å². The van der Waals surface area contributed by atoms with Gasteiger partial charge in [-0.05, 0) is 23.8 Å². The van der Waals surface area contributed by atoms with Crippen LogP contribution in [0.2, 0.25) is 0 Å². The fourth-order valence-corrected chi connectivity index (χ4v) is 2.72. The Morgan fingerprint density at radius 3 is 2.50 bits per heavy atom. The van der Waals surface area contributed by atoms with E-state index in [0.29, 0.717) is 5.56 Å². The first-order chi connectivity index (χ1) is 12.2. The predicted molar refractivity (Wildman–Crippen MR) is 86.9 cm³/mol. The lowest BCUT2D eigenvalue weighted by atomic mass is 9.79. The molecule has 5 N–H and O–H groups in total. The number of hydrogen-bond donors (Lipinski definition) is 5. The highest BCUT2D eigenvalue weighted by molar-refractivity contribution is 5.87. The molecule has 1 aromatic carbocycles. The molecule has 0 saturated heterocycles. The summed E-state index contributed by atoms with van der Waals surface area (Å²) in [5.74, 6) is -2.58. The zero-order valence-electron chi connectivity index (χ0n) is 13.9. The zero-order chi connectivity index (χ0) is 19.5. The maximum absolute atomic E-state index is 11.9. The summed E-state index contributed by atoms with van der Waals surface area (Å²) in [5, 5.41) is 48.7. The summed E-state index contributed by atoms with van der Waals surface area (Å²) < 4.78 is 9.50. The molecule has 0 bridgehead atoms. The van der Waals surface area contributed by atoms with Crippen molar-refractivity contribution in [1.82, 2.24) is 0 Å². The molecule has 0 spiro atoms. The van der Waals surface area contributed by atoms with Crippen LogP contribution in [0.3, 0.4) is 0 Å². The fraction of sp³-hybridized carbons (Fsp3) is 0.412. The minimum absolute atomic E-state index is 0.314. The highest BCUT2D eigenvalue weighted by Crippen LogP contribution is 2.32. The van der Waals surface area contributed by atoms with Crippen molar-refractivity contribution in [3.8, 4) is 11.5 Å². The number of benzene rings is 1. The SMILES string of the molecule is COC(=O)[C@@]1(O)C[C@@H](O)[C@H](O)[C@@H](OC(=O)/C=C/c2ccc(O)c(O)c2)C1. The number of aromatic hydroxyl groups is 2. The van der Waals surface area contributed by atoms with Crippen LogP contribution in [-0.4, -0.2) is 68.5 Å². The van der Waals surface area contributed by atoms with Gasteiger partial charge < -0.3 is 35.0 Å². The van der Waals surface area contributed by atoms with E-state index in [2.05, 4.69) is 4.74 Å². The van der Waals surface area contributed by atoms with Crippen molar-refractivity contribution in [1.29, 1.82) is 0 Å². The molecule has 9 nitrogen and oxygen atoms in total. The van der Waals surface area contributed by atoms with E-state index in [1.165, 1.54) is 24.3 Å². The fourth-order valence-electron chi connectivity index (χ4n) is 2.72. The van der Waals surface area contributed by atoms with E-state index in [1.807, 2.05) is 0 Å². The van der Waals surface area contributed by atoms with Crippen molar-refractivity contribution >= 4 is 18.0 Å². The van der Waals surface area contributed by atoms with Crippen LogP contribution in [0.1, 0.15) is 18.4 Å². The Morgan fingerprint density at radius 1 is 1.19 bits per heavy atom. The van der Waals surface area contributed by atoms with Crippen molar-refractivity contribution in [3.63, 3.8) is 0 Å². The van der Waals surface area contributed by atoms with Crippen molar-refractivity contribution in [2.24, 2.45) is 0 Å². The summed E-state index contributed by atoms with van der Waals surface area (Å²) in [7, 11) is 1.06. The van der Waals surface area contributed by atoms with Crippen LogP contribution in [0.5, 0.6) is 11.5 Å². The van der Waals surface area contributed by atoms with Gasteiger partial charge in [-0.2, -0.15) is 0 Å². The second kappa shape index (κ2) is 7.73. The average Bonchev–Trinajstić information content (AvgIpc) is 2.59. The molecule has 1 fully saturated rings. The van der Waals surface area contributed by atoms with Gasteiger partial charge in [0, 0.05) is 18.9 Å². The molecule has 1 aliphatic rings. The first-order valence-corrected chi connectivity index (χ1v) is 7.74. The van der Waals surface area contributed by atoms with Gasteiger partial charge in [0.05, 0.1) is 13.2 Å². The van der Waals surface area contributed by atoms with E-state index in [0.717, 1.165) is 13.2 Å². The quantitative estimate of drug-likeness (QED) is 0.267. The number of methoxy groups -OCH3 is 1. The zero-order valence-corrected chi connectivity index (χ0v) is 13.9. The van der Waals surface area contributed by atoms with Gasteiger partial charge in [-0.1, -0.05) is 6.07 Å². The second-order valence-electron chi connectivity index (χ2n) is 6.05. The van der Waals surface area contributed by atoms with Gasteiger partial charge >= 0.3 is 11.9 Å². The number of carbonyl (C=O) groups is 2. The van der Waals surface area contributed by atoms with Gasteiger partial charge in [0.1, 0.15) is 12.2 Å². The topological polar surface area (TPSA) is 154 Å². The number of aliphatic hydroxyl groups is 3. The molecule has 9 heteroatoms. The molecular weight excluding hydrogens is 348 g/mol. The summed E-state index contributed by atoms with van der Waals surface area (Å²) in [6, 6.07) is 3.89. The van der Waals surface area contributed by atoms with Gasteiger partial charge in [0.15, 0.2) is 17.1 Å². The maximum atomic E-state index is 11.9. The lowest BCUT2D eigenvalue weighted by Crippen LogP contribution is -2.57. The molecule has 0 aliphatic heterocycles. The van der Waals surface area contributed by atoms with Crippen molar-refractivity contribution in [3.05, 3.63) is 29.8 Å². The van der Waals surface area contributed by atoms with Gasteiger partial charge in [-0.25, -0.2) is 9.59 Å². The lowest BCUT2D eigenvalue weighted by Gasteiger charge is -2.39. The molecule has 0 radical (unpaired) electrons. The highest BCUT2D eigenvalue weighted by Gasteiger charge is 2.50. The Morgan fingerprint density at radius 2 is 1.88 bits per heavy atom. The first-order valence-electron chi connectivity index (χ1n) is 7.74. The van der Waals surface area contributed by atoms with Crippen molar-refractivity contribution < 1.29 is 44.6 Å². The van der Waals surface area contributed by atoms with Crippen LogP contribution in [0, 0.1) is 0 Å². The van der Waals surface area contributed by atoms with Crippen LogP contribution in [0.15, 0.2) is 24.3 Å². The van der Waals surface area contributed by atoms with Gasteiger partial charge in [-0.15, -0.1) is 0 Å². The Labute approximate surface area is 148 Å². The van der Waals surface area contributed by atoms with E-state index in [-0.39, 0.29) is 11.5 Å². The van der Waals surface area contributed by atoms with Gasteiger partial charge in [-0.3, -0.25) is 0 Å². The minimum atomic E-state index is -2.08. The monoisotopic (exact) mass is 368 g/mol. The Kier molecular flexibility index (Phi) is 5.86. The number of esters is 2. The summed E-state index contributed by atoms with van der Waals surface area (Å²) >= 11 is 0. The highest BCUT2D eigenvalue weighted by atomic mass is 16.6. The number of phenolic OH excluding ortho intramolecular Hbond substituents is 2. The number of ether oxygens (including phenoxy) is 2. The molecule has 1 aromatic rings. The largest absolute Gasteiger partial charge is 0.504 e. The summed E-state index contributed by atoms with van der Waals surface area (Å²) in [6.45, 7) is 0. The normalized spacial score (nSPS) is 28.7. The smallest absolute Gasteiger partial charge is 0.338 e. The first kappa shape index (κ1) is 19.7. The number of carbonyl (C=O) groups excluding carboxylic acids is 2.